The van der Waals surface area contributed by atoms with Gasteiger partial charge in [-0.25, -0.2) is 0 Å². The van der Waals surface area contributed by atoms with E-state index in [1.165, 1.54) is 0 Å². The largest absolute Gasteiger partial charge is 0.438 e. The van der Waals surface area contributed by atoms with E-state index in [0.29, 0.717) is 13.8 Å². The molecule has 52 valence electrons. The van der Waals surface area contributed by atoms with Gasteiger partial charge in [-0.1, -0.05) is 0 Å². The van der Waals surface area contributed by atoms with Crippen LogP contribution >= 0.6 is 0 Å². The first-order valence-electron chi connectivity index (χ1n) is 3.36. The maximum atomic E-state index is 5.31. The summed E-state index contributed by atoms with van der Waals surface area (Å²) >= 11 is 0. The maximum Gasteiger partial charge on any atom is 0.438 e. The first-order chi connectivity index (χ1) is 4.10. The number of hydrogen-bond donors (Lipinski definition) is 0. The molecule has 0 N–H and O–H groups in total. The van der Waals surface area contributed by atoms with E-state index in [4.69, 9.17) is 9.31 Å². The minimum absolute atomic E-state index is 0.0255. The molecule has 1 atom stereocenters. The van der Waals surface area contributed by atoms with Crippen molar-refractivity contribution in [1.82, 2.24) is 0 Å². The Morgan fingerprint density at radius 1 is 1.56 bits per heavy atom. The van der Waals surface area contributed by atoms with Crippen LogP contribution in [0.2, 0.25) is 0 Å². The van der Waals surface area contributed by atoms with Gasteiger partial charge in [0.05, 0.1) is 5.60 Å². The zero-order valence-electron chi connectivity index (χ0n) is 6.31. The zero-order chi connectivity index (χ0) is 6.91. The standard InChI is InChI=1S/C6H13BO2/c1-5-4-6(2,3)9-7-8-5/h5,7H,4H2,1-3H3/t5-/m0/s1. The Bertz CT molecular complexity index is 103. The second kappa shape index (κ2) is 2.31. The van der Waals surface area contributed by atoms with Crippen LogP contribution in [0.15, 0.2) is 0 Å². The van der Waals surface area contributed by atoms with Crippen molar-refractivity contribution >= 4 is 7.69 Å². The van der Waals surface area contributed by atoms with Crippen molar-refractivity contribution in [2.75, 3.05) is 0 Å². The van der Waals surface area contributed by atoms with E-state index in [2.05, 4.69) is 20.8 Å². The number of rotatable bonds is 0. The summed E-state index contributed by atoms with van der Waals surface area (Å²) in [5.41, 5.74) is 0.0255. The average Bonchev–Trinajstić information content (AvgIpc) is 1.60. The van der Waals surface area contributed by atoms with Crippen LogP contribution in [0.3, 0.4) is 0 Å². The van der Waals surface area contributed by atoms with Gasteiger partial charge in [-0.15, -0.1) is 0 Å². The molecule has 0 saturated carbocycles. The molecule has 0 aromatic rings. The monoisotopic (exact) mass is 128 g/mol. The van der Waals surface area contributed by atoms with Gasteiger partial charge in [-0.05, 0) is 27.2 Å². The molecule has 0 bridgehead atoms. The van der Waals surface area contributed by atoms with Crippen molar-refractivity contribution in [3.8, 4) is 0 Å². The first kappa shape index (κ1) is 7.10. The minimum Gasteiger partial charge on any atom is -0.411 e. The summed E-state index contributed by atoms with van der Waals surface area (Å²) in [5.74, 6) is 0. The van der Waals surface area contributed by atoms with Crippen molar-refractivity contribution in [2.45, 2.75) is 38.9 Å². The fourth-order valence-electron chi connectivity index (χ4n) is 1.12. The topological polar surface area (TPSA) is 18.5 Å². The van der Waals surface area contributed by atoms with Gasteiger partial charge in [0.25, 0.3) is 0 Å². The van der Waals surface area contributed by atoms with Crippen molar-refractivity contribution in [2.24, 2.45) is 0 Å². The van der Waals surface area contributed by atoms with Crippen LogP contribution in [0.5, 0.6) is 0 Å². The molecule has 0 unspecified atom stereocenters. The van der Waals surface area contributed by atoms with Gasteiger partial charge in [0.1, 0.15) is 0 Å². The fraction of sp³-hybridized carbons (Fsp3) is 1.00. The predicted molar refractivity (Wildman–Crippen MR) is 37.5 cm³/mol. The molecule has 3 heteroatoms. The predicted octanol–water partition coefficient (Wildman–Crippen LogP) is 0.857. The molecule has 2 nitrogen and oxygen atoms in total. The molecule has 9 heavy (non-hydrogen) atoms. The Balaban J connectivity index is 2.41. The zero-order valence-corrected chi connectivity index (χ0v) is 6.31. The second-order valence-corrected chi connectivity index (χ2v) is 3.20. The molecule has 0 amide bonds. The molecule has 1 aliphatic heterocycles. The summed E-state index contributed by atoms with van der Waals surface area (Å²) in [6.45, 7) is 6.25. The normalized spacial score (nSPS) is 33.4. The molecule has 0 spiro atoms. The van der Waals surface area contributed by atoms with Crippen LogP contribution in [-0.4, -0.2) is 19.4 Å². The lowest BCUT2D eigenvalue weighted by molar-refractivity contribution is -0.0142. The SMILES string of the molecule is C[C@H]1CC(C)(C)OBO1. The third-order valence-electron chi connectivity index (χ3n) is 1.58. The molecular weight excluding hydrogens is 115 g/mol. The molecule has 0 radical (unpaired) electrons. The molecular formula is C6H13BO2. The Hall–Kier alpha value is -0.0151. The summed E-state index contributed by atoms with van der Waals surface area (Å²) < 4.78 is 10.5. The molecule has 1 fully saturated rings. The fourth-order valence-corrected chi connectivity index (χ4v) is 1.12. The lowest BCUT2D eigenvalue weighted by Gasteiger charge is -2.33. The van der Waals surface area contributed by atoms with Gasteiger partial charge < -0.3 is 9.31 Å². The second-order valence-electron chi connectivity index (χ2n) is 3.20. The van der Waals surface area contributed by atoms with Gasteiger partial charge in [-0.3, -0.25) is 0 Å². The Morgan fingerprint density at radius 3 is 2.56 bits per heavy atom. The molecule has 1 rings (SSSR count). The maximum absolute atomic E-state index is 5.31. The van der Waals surface area contributed by atoms with E-state index in [1.54, 1.807) is 0 Å². The smallest absolute Gasteiger partial charge is 0.411 e. The van der Waals surface area contributed by atoms with Crippen molar-refractivity contribution in [3.63, 3.8) is 0 Å². The van der Waals surface area contributed by atoms with E-state index >= 15 is 0 Å². The van der Waals surface area contributed by atoms with E-state index < -0.39 is 0 Å². The summed E-state index contributed by atoms with van der Waals surface area (Å²) in [5, 5.41) is 0. The molecule has 1 heterocycles. The van der Waals surface area contributed by atoms with Crippen molar-refractivity contribution in [3.05, 3.63) is 0 Å². The Labute approximate surface area is 56.8 Å². The van der Waals surface area contributed by atoms with Gasteiger partial charge in [0, 0.05) is 6.10 Å². The van der Waals surface area contributed by atoms with Crippen LogP contribution in [0.1, 0.15) is 27.2 Å². The summed E-state index contributed by atoms with van der Waals surface area (Å²) in [6.07, 6.45) is 1.35. The third-order valence-corrected chi connectivity index (χ3v) is 1.58. The van der Waals surface area contributed by atoms with Crippen LogP contribution < -0.4 is 0 Å². The van der Waals surface area contributed by atoms with Gasteiger partial charge in [-0.2, -0.15) is 0 Å². The highest BCUT2D eigenvalue weighted by molar-refractivity contribution is 6.18. The van der Waals surface area contributed by atoms with E-state index in [9.17, 15) is 0 Å². The highest BCUT2D eigenvalue weighted by Crippen LogP contribution is 2.21. The van der Waals surface area contributed by atoms with Crippen LogP contribution in [0, 0.1) is 0 Å². The molecule has 0 aromatic carbocycles. The Morgan fingerprint density at radius 2 is 2.22 bits per heavy atom. The van der Waals surface area contributed by atoms with Crippen LogP contribution in [0.4, 0.5) is 0 Å². The third kappa shape index (κ3) is 1.99. The van der Waals surface area contributed by atoms with Crippen LogP contribution in [0.25, 0.3) is 0 Å². The lowest BCUT2D eigenvalue weighted by atomic mass is 9.97. The molecule has 0 aliphatic carbocycles. The quantitative estimate of drug-likeness (QED) is 0.450. The van der Waals surface area contributed by atoms with Gasteiger partial charge in [0.15, 0.2) is 0 Å². The van der Waals surface area contributed by atoms with Gasteiger partial charge >= 0.3 is 7.69 Å². The Kier molecular flexibility index (Phi) is 1.82. The van der Waals surface area contributed by atoms with Crippen LogP contribution in [-0.2, 0) is 9.31 Å². The highest BCUT2D eigenvalue weighted by Gasteiger charge is 2.27. The van der Waals surface area contributed by atoms with Gasteiger partial charge in [0.2, 0.25) is 0 Å². The summed E-state index contributed by atoms with van der Waals surface area (Å²) in [6, 6.07) is 0. The van der Waals surface area contributed by atoms with Crippen molar-refractivity contribution < 1.29 is 9.31 Å². The minimum atomic E-state index is 0.0255. The van der Waals surface area contributed by atoms with Crippen molar-refractivity contribution in [1.29, 1.82) is 0 Å². The van der Waals surface area contributed by atoms with E-state index in [1.807, 2.05) is 0 Å². The molecule has 1 saturated heterocycles. The lowest BCUT2D eigenvalue weighted by Crippen LogP contribution is -2.38. The highest BCUT2D eigenvalue weighted by atomic mass is 16.6. The van der Waals surface area contributed by atoms with E-state index in [-0.39, 0.29) is 5.60 Å². The molecule has 0 aromatic heterocycles. The summed E-state index contributed by atoms with van der Waals surface area (Å²) in [7, 11) is 0.453. The first-order valence-corrected chi connectivity index (χ1v) is 3.36. The number of hydrogen-bond acceptors (Lipinski definition) is 2. The molecule has 1 aliphatic rings. The van der Waals surface area contributed by atoms with E-state index in [0.717, 1.165) is 6.42 Å². The average molecular weight is 128 g/mol. The summed E-state index contributed by atoms with van der Waals surface area (Å²) in [4.78, 5) is 0.